The van der Waals surface area contributed by atoms with Crippen molar-refractivity contribution in [1.82, 2.24) is 0 Å². The second kappa shape index (κ2) is 6.68. The third-order valence-electron chi connectivity index (χ3n) is 3.38. The molecule has 98 valence electrons. The molecule has 0 heterocycles. The molecule has 0 saturated carbocycles. The van der Waals surface area contributed by atoms with E-state index >= 15 is 0 Å². The summed E-state index contributed by atoms with van der Waals surface area (Å²) < 4.78 is 0. The average molecular weight is 268 g/mol. The van der Waals surface area contributed by atoms with Gasteiger partial charge in [0, 0.05) is 0 Å². The highest BCUT2D eigenvalue weighted by atomic mass is 31.1. The van der Waals surface area contributed by atoms with E-state index in [9.17, 15) is 0 Å². The second-order valence-corrected chi connectivity index (χ2v) is 7.24. The molecule has 2 aromatic rings. The van der Waals surface area contributed by atoms with Crippen molar-refractivity contribution in [2.24, 2.45) is 0 Å². The van der Waals surface area contributed by atoms with Crippen LogP contribution in [0.15, 0.2) is 71.8 Å². The van der Waals surface area contributed by atoms with Crippen LogP contribution in [0.2, 0.25) is 0 Å². The van der Waals surface area contributed by atoms with E-state index in [0.717, 1.165) is 6.16 Å². The molecule has 0 N–H and O–H groups in total. The maximum Gasteiger partial charge on any atom is -0.00342 e. The predicted molar refractivity (Wildman–Crippen MR) is 88.0 cm³/mol. The Morgan fingerprint density at radius 1 is 0.737 bits per heavy atom. The lowest BCUT2D eigenvalue weighted by Crippen LogP contribution is -2.14. The van der Waals surface area contributed by atoms with Crippen LogP contribution in [0.5, 0.6) is 0 Å². The molecule has 1 heteroatoms. The normalized spacial score (nSPS) is 10.5. The molecule has 2 aromatic carbocycles. The van der Waals surface area contributed by atoms with Crippen LogP contribution in [0.1, 0.15) is 20.8 Å². The van der Waals surface area contributed by atoms with Gasteiger partial charge in [-0.1, -0.05) is 71.8 Å². The van der Waals surface area contributed by atoms with Gasteiger partial charge in [-0.3, -0.25) is 0 Å². The number of rotatable bonds is 4. The standard InChI is InChI=1S/C18H21P/c1-15(2)16(3)14-19(17-10-6-4-7-11-17)18-12-8-5-9-13-18/h4-13H,14H2,1-3H3. The Hall–Kier alpha value is -1.39. The number of hydrogen-bond acceptors (Lipinski definition) is 0. The fourth-order valence-corrected chi connectivity index (χ4v) is 4.46. The summed E-state index contributed by atoms with van der Waals surface area (Å²) in [6, 6.07) is 21.8. The zero-order valence-electron chi connectivity index (χ0n) is 11.9. The number of benzene rings is 2. The van der Waals surface area contributed by atoms with E-state index in [2.05, 4.69) is 81.4 Å². The molecule has 0 nitrogen and oxygen atoms in total. The summed E-state index contributed by atoms with van der Waals surface area (Å²) in [5, 5.41) is 2.92. The minimum Gasteiger partial charge on any atom is -0.0771 e. The summed E-state index contributed by atoms with van der Waals surface area (Å²) in [7, 11) is -0.281. The summed E-state index contributed by atoms with van der Waals surface area (Å²) >= 11 is 0. The third kappa shape index (κ3) is 3.78. The average Bonchev–Trinajstić information content (AvgIpc) is 2.46. The van der Waals surface area contributed by atoms with E-state index in [1.54, 1.807) is 0 Å². The highest BCUT2D eigenvalue weighted by Crippen LogP contribution is 2.36. The molecule has 0 aliphatic rings. The van der Waals surface area contributed by atoms with Gasteiger partial charge in [-0.25, -0.2) is 0 Å². The van der Waals surface area contributed by atoms with Crippen LogP contribution in [-0.2, 0) is 0 Å². The van der Waals surface area contributed by atoms with E-state index < -0.39 is 0 Å². The van der Waals surface area contributed by atoms with Gasteiger partial charge in [-0.2, -0.15) is 0 Å². The van der Waals surface area contributed by atoms with Gasteiger partial charge >= 0.3 is 0 Å². The Kier molecular flexibility index (Phi) is 4.93. The zero-order chi connectivity index (χ0) is 13.7. The highest BCUT2D eigenvalue weighted by molar-refractivity contribution is 7.73. The first-order valence-corrected chi connectivity index (χ1v) is 8.22. The van der Waals surface area contributed by atoms with Crippen molar-refractivity contribution in [3.63, 3.8) is 0 Å². The molecule has 0 fully saturated rings. The van der Waals surface area contributed by atoms with Crippen LogP contribution in [0.3, 0.4) is 0 Å². The molecule has 0 radical (unpaired) electrons. The van der Waals surface area contributed by atoms with Crippen molar-refractivity contribution in [3.8, 4) is 0 Å². The van der Waals surface area contributed by atoms with Gasteiger partial charge < -0.3 is 0 Å². The van der Waals surface area contributed by atoms with Crippen molar-refractivity contribution in [2.45, 2.75) is 20.8 Å². The van der Waals surface area contributed by atoms with Gasteiger partial charge in [0.1, 0.15) is 0 Å². The van der Waals surface area contributed by atoms with Gasteiger partial charge in [0.05, 0.1) is 0 Å². The lowest BCUT2D eigenvalue weighted by molar-refractivity contribution is 1.24. The van der Waals surface area contributed by atoms with Crippen LogP contribution in [-0.4, -0.2) is 6.16 Å². The molecule has 0 aliphatic carbocycles. The minimum absolute atomic E-state index is 0.281. The Labute approximate surface area is 117 Å². The summed E-state index contributed by atoms with van der Waals surface area (Å²) in [4.78, 5) is 0. The second-order valence-electron chi connectivity index (χ2n) is 5.04. The van der Waals surface area contributed by atoms with Gasteiger partial charge in [0.15, 0.2) is 0 Å². The molecule has 0 atom stereocenters. The van der Waals surface area contributed by atoms with E-state index in [4.69, 9.17) is 0 Å². The van der Waals surface area contributed by atoms with Crippen molar-refractivity contribution < 1.29 is 0 Å². The summed E-state index contributed by atoms with van der Waals surface area (Å²) in [5.74, 6) is 0. The largest absolute Gasteiger partial charge is 0.0771 e. The molecule has 0 aliphatic heterocycles. The molecule has 0 aromatic heterocycles. The van der Waals surface area contributed by atoms with E-state index in [1.807, 2.05) is 0 Å². The molecule has 0 bridgehead atoms. The maximum absolute atomic E-state index is 2.26. The minimum atomic E-state index is -0.281. The monoisotopic (exact) mass is 268 g/mol. The molecule has 2 rings (SSSR count). The van der Waals surface area contributed by atoms with Crippen LogP contribution in [0.25, 0.3) is 0 Å². The fraction of sp³-hybridized carbons (Fsp3) is 0.222. The van der Waals surface area contributed by atoms with Crippen LogP contribution >= 0.6 is 7.92 Å². The summed E-state index contributed by atoms with van der Waals surface area (Å²) in [6.45, 7) is 6.67. The van der Waals surface area contributed by atoms with Gasteiger partial charge in [0.2, 0.25) is 0 Å². The SMILES string of the molecule is CC(C)=C(C)CP(c1ccccc1)c1ccccc1. The lowest BCUT2D eigenvalue weighted by atomic mass is 10.2. The Balaban J connectivity index is 2.38. The van der Waals surface area contributed by atoms with Gasteiger partial charge in [-0.15, -0.1) is 0 Å². The van der Waals surface area contributed by atoms with Gasteiger partial charge in [0.25, 0.3) is 0 Å². The summed E-state index contributed by atoms with van der Waals surface area (Å²) in [6.07, 6.45) is 1.16. The molecule has 19 heavy (non-hydrogen) atoms. The zero-order valence-corrected chi connectivity index (χ0v) is 12.8. The lowest BCUT2D eigenvalue weighted by Gasteiger charge is -2.20. The molecular formula is C18H21P. The Bertz CT molecular complexity index is 497. The fourth-order valence-electron chi connectivity index (χ4n) is 1.94. The third-order valence-corrected chi connectivity index (χ3v) is 6.02. The maximum atomic E-state index is 2.26. The topological polar surface area (TPSA) is 0 Å². The Morgan fingerprint density at radius 3 is 1.53 bits per heavy atom. The molecule has 0 unspecified atom stereocenters. The first kappa shape index (κ1) is 14.0. The molecule has 0 saturated heterocycles. The van der Waals surface area contributed by atoms with E-state index in [0.29, 0.717) is 0 Å². The smallest absolute Gasteiger partial charge is 0.00342 e. The quantitative estimate of drug-likeness (QED) is 0.566. The number of allylic oxidation sites excluding steroid dienone is 2. The number of hydrogen-bond donors (Lipinski definition) is 0. The van der Waals surface area contributed by atoms with Crippen molar-refractivity contribution >= 4 is 18.5 Å². The Morgan fingerprint density at radius 2 is 1.16 bits per heavy atom. The highest BCUT2D eigenvalue weighted by Gasteiger charge is 2.13. The van der Waals surface area contributed by atoms with Crippen molar-refractivity contribution in [2.75, 3.05) is 6.16 Å². The van der Waals surface area contributed by atoms with E-state index in [1.165, 1.54) is 21.8 Å². The van der Waals surface area contributed by atoms with E-state index in [-0.39, 0.29) is 7.92 Å². The van der Waals surface area contributed by atoms with Crippen LogP contribution in [0.4, 0.5) is 0 Å². The van der Waals surface area contributed by atoms with Crippen LogP contribution in [0, 0.1) is 0 Å². The first-order valence-electron chi connectivity index (χ1n) is 6.69. The molecule has 0 amide bonds. The van der Waals surface area contributed by atoms with Crippen molar-refractivity contribution in [3.05, 3.63) is 71.8 Å². The van der Waals surface area contributed by atoms with Crippen molar-refractivity contribution in [1.29, 1.82) is 0 Å². The summed E-state index contributed by atoms with van der Waals surface area (Å²) in [5.41, 5.74) is 2.96. The molecular weight excluding hydrogens is 247 g/mol. The van der Waals surface area contributed by atoms with Gasteiger partial charge in [-0.05, 0) is 45.5 Å². The first-order chi connectivity index (χ1) is 9.18. The molecule has 0 spiro atoms. The predicted octanol–water partition coefficient (Wildman–Crippen LogP) is 4.48. The van der Waals surface area contributed by atoms with Crippen LogP contribution < -0.4 is 10.6 Å².